The molecule has 112 valence electrons. The molecule has 20 heavy (non-hydrogen) atoms. The van der Waals surface area contributed by atoms with E-state index in [4.69, 9.17) is 0 Å². The molecule has 0 saturated carbocycles. The molecule has 1 aromatic heterocycles. The van der Waals surface area contributed by atoms with Crippen LogP contribution >= 0.6 is 11.3 Å². The first kappa shape index (κ1) is 15.3. The Morgan fingerprint density at radius 2 is 2.50 bits per heavy atom. The maximum Gasteiger partial charge on any atom is 0.323 e. The second kappa shape index (κ2) is 7.04. The molecule has 2 unspecified atom stereocenters. The van der Waals surface area contributed by atoms with Crippen molar-refractivity contribution in [1.82, 2.24) is 9.88 Å². The Balaban J connectivity index is 1.90. The van der Waals surface area contributed by atoms with Gasteiger partial charge in [0.15, 0.2) is 5.13 Å². The van der Waals surface area contributed by atoms with Gasteiger partial charge in [0, 0.05) is 24.4 Å². The number of carbonyl (C=O) groups is 1. The van der Waals surface area contributed by atoms with E-state index in [-0.39, 0.29) is 18.1 Å². The number of rotatable bonds is 4. The average Bonchev–Trinajstić information content (AvgIpc) is 2.86. The highest BCUT2D eigenvalue weighted by atomic mass is 32.1. The first-order chi connectivity index (χ1) is 9.60. The van der Waals surface area contributed by atoms with E-state index in [0.29, 0.717) is 11.7 Å². The van der Waals surface area contributed by atoms with E-state index < -0.39 is 0 Å². The smallest absolute Gasteiger partial charge is 0.323 e. The van der Waals surface area contributed by atoms with Crippen LogP contribution in [0.15, 0.2) is 5.38 Å². The minimum absolute atomic E-state index is 0.104. The Bertz CT molecular complexity index is 447. The minimum atomic E-state index is -0.360. The summed E-state index contributed by atoms with van der Waals surface area (Å²) in [5.41, 5.74) is 1.04. The van der Waals surface area contributed by atoms with Gasteiger partial charge in [-0.1, -0.05) is 13.3 Å². The van der Waals surface area contributed by atoms with Crippen LogP contribution in [0, 0.1) is 5.92 Å². The first-order valence-electron chi connectivity index (χ1n) is 7.28. The third-order valence-corrected chi connectivity index (χ3v) is 4.51. The van der Waals surface area contributed by atoms with Crippen molar-refractivity contribution in [1.29, 1.82) is 0 Å². The number of nitrogens with one attached hydrogen (secondary N) is 1. The van der Waals surface area contributed by atoms with Gasteiger partial charge in [-0.15, -0.1) is 11.3 Å². The summed E-state index contributed by atoms with van der Waals surface area (Å²) < 4.78 is 0. The van der Waals surface area contributed by atoms with Gasteiger partial charge in [-0.3, -0.25) is 5.32 Å². The van der Waals surface area contributed by atoms with Gasteiger partial charge in [0.25, 0.3) is 0 Å². The van der Waals surface area contributed by atoms with Gasteiger partial charge in [0.2, 0.25) is 0 Å². The Kier molecular flexibility index (Phi) is 5.37. The number of aryl methyl sites for hydroxylation is 1. The van der Waals surface area contributed by atoms with E-state index in [9.17, 15) is 9.90 Å². The Hall–Kier alpha value is -1.14. The lowest BCUT2D eigenvalue weighted by Gasteiger charge is -2.33. The lowest BCUT2D eigenvalue weighted by atomic mass is 9.94. The number of amides is 2. The number of thiazole rings is 1. The first-order valence-corrected chi connectivity index (χ1v) is 8.16. The molecular weight excluding hydrogens is 274 g/mol. The van der Waals surface area contributed by atoms with Crippen molar-refractivity contribution < 1.29 is 9.90 Å². The molecule has 2 amide bonds. The van der Waals surface area contributed by atoms with Crippen LogP contribution in [0.3, 0.4) is 0 Å². The Labute approximate surface area is 124 Å². The van der Waals surface area contributed by atoms with Gasteiger partial charge in [-0.25, -0.2) is 9.78 Å². The summed E-state index contributed by atoms with van der Waals surface area (Å²) in [6.07, 6.45) is 3.57. The van der Waals surface area contributed by atoms with Crippen LogP contribution in [-0.4, -0.2) is 40.2 Å². The van der Waals surface area contributed by atoms with E-state index in [1.165, 1.54) is 11.3 Å². The van der Waals surface area contributed by atoms with Crippen LogP contribution in [-0.2, 0) is 6.42 Å². The van der Waals surface area contributed by atoms with E-state index in [1.807, 2.05) is 5.38 Å². The van der Waals surface area contributed by atoms with Gasteiger partial charge in [-0.05, 0) is 26.2 Å². The van der Waals surface area contributed by atoms with Gasteiger partial charge in [0.05, 0.1) is 11.8 Å². The van der Waals surface area contributed by atoms with Crippen LogP contribution in [0.2, 0.25) is 0 Å². The average molecular weight is 297 g/mol. The minimum Gasteiger partial charge on any atom is -0.393 e. The fourth-order valence-corrected chi connectivity index (χ4v) is 3.23. The summed E-state index contributed by atoms with van der Waals surface area (Å²) in [4.78, 5) is 18.4. The summed E-state index contributed by atoms with van der Waals surface area (Å²) in [6.45, 7) is 5.28. The molecule has 0 bridgehead atoms. The van der Waals surface area contributed by atoms with Gasteiger partial charge in [0.1, 0.15) is 0 Å². The number of carbonyl (C=O) groups excluding carboxylic acids is 1. The quantitative estimate of drug-likeness (QED) is 0.898. The predicted molar refractivity (Wildman–Crippen MR) is 81.1 cm³/mol. The molecule has 5 nitrogen and oxygen atoms in total. The highest BCUT2D eigenvalue weighted by molar-refractivity contribution is 7.13. The summed E-state index contributed by atoms with van der Waals surface area (Å²) in [5, 5.41) is 15.2. The fraction of sp³-hybridized carbons (Fsp3) is 0.714. The predicted octanol–water partition coefficient (Wildman–Crippen LogP) is 2.72. The number of hydrogen-bond donors (Lipinski definition) is 2. The molecule has 2 N–H and O–H groups in total. The molecule has 0 radical (unpaired) electrons. The normalized spacial score (nSPS) is 20.8. The van der Waals surface area contributed by atoms with Crippen molar-refractivity contribution in [3.63, 3.8) is 0 Å². The molecule has 1 saturated heterocycles. The Morgan fingerprint density at radius 3 is 3.20 bits per heavy atom. The monoisotopic (exact) mass is 297 g/mol. The largest absolute Gasteiger partial charge is 0.393 e. The number of hydrogen-bond acceptors (Lipinski definition) is 4. The van der Waals surface area contributed by atoms with Crippen LogP contribution in [0.1, 0.15) is 38.8 Å². The molecule has 2 rings (SSSR count). The van der Waals surface area contributed by atoms with E-state index in [1.54, 1.807) is 11.8 Å². The number of anilines is 1. The van der Waals surface area contributed by atoms with Gasteiger partial charge < -0.3 is 10.0 Å². The van der Waals surface area contributed by atoms with Crippen molar-refractivity contribution in [2.45, 2.75) is 45.6 Å². The number of aromatic nitrogens is 1. The number of aliphatic hydroxyl groups is 1. The molecule has 0 aliphatic carbocycles. The molecule has 1 aliphatic heterocycles. The fourth-order valence-electron chi connectivity index (χ4n) is 2.49. The van der Waals surface area contributed by atoms with Crippen LogP contribution in [0.5, 0.6) is 0 Å². The second-order valence-electron chi connectivity index (χ2n) is 5.41. The SMILES string of the molecule is CCCc1csc(NC(=O)N2CCCC(C(C)O)C2)n1. The molecule has 2 atom stereocenters. The number of likely N-dealkylation sites (tertiary alicyclic amines) is 1. The second-order valence-corrected chi connectivity index (χ2v) is 6.27. The zero-order valence-corrected chi connectivity index (χ0v) is 12.9. The van der Waals surface area contributed by atoms with E-state index in [2.05, 4.69) is 17.2 Å². The molecule has 1 aliphatic rings. The molecule has 1 fully saturated rings. The zero-order valence-electron chi connectivity index (χ0n) is 12.1. The molecule has 2 heterocycles. The highest BCUT2D eigenvalue weighted by Gasteiger charge is 2.26. The van der Waals surface area contributed by atoms with Crippen molar-refractivity contribution in [2.24, 2.45) is 5.92 Å². The van der Waals surface area contributed by atoms with Crippen molar-refractivity contribution >= 4 is 22.5 Å². The van der Waals surface area contributed by atoms with Crippen LogP contribution in [0.25, 0.3) is 0 Å². The van der Waals surface area contributed by atoms with Crippen LogP contribution < -0.4 is 5.32 Å². The summed E-state index contributed by atoms with van der Waals surface area (Å²) in [5.74, 6) is 0.182. The molecule has 0 aromatic carbocycles. The summed E-state index contributed by atoms with van der Waals surface area (Å²) >= 11 is 1.47. The number of aliphatic hydroxyl groups excluding tert-OH is 1. The molecule has 1 aromatic rings. The van der Waals surface area contributed by atoms with Crippen molar-refractivity contribution in [3.8, 4) is 0 Å². The standard InChI is InChI=1S/C14H23N3O2S/c1-3-5-12-9-20-13(15-12)16-14(19)17-7-4-6-11(8-17)10(2)18/h9-11,18H,3-8H2,1-2H3,(H,15,16,19). The zero-order chi connectivity index (χ0) is 14.5. The lowest BCUT2D eigenvalue weighted by Crippen LogP contribution is -2.44. The summed E-state index contributed by atoms with van der Waals surface area (Å²) in [6, 6.07) is -0.104. The number of nitrogens with zero attached hydrogens (tertiary/aromatic N) is 2. The van der Waals surface area contributed by atoms with Crippen LogP contribution in [0.4, 0.5) is 9.93 Å². The lowest BCUT2D eigenvalue weighted by molar-refractivity contribution is 0.0766. The van der Waals surface area contributed by atoms with E-state index in [0.717, 1.165) is 37.9 Å². The summed E-state index contributed by atoms with van der Waals surface area (Å²) in [7, 11) is 0. The maximum atomic E-state index is 12.2. The molecular formula is C14H23N3O2S. The number of urea groups is 1. The van der Waals surface area contributed by atoms with E-state index >= 15 is 0 Å². The maximum absolute atomic E-state index is 12.2. The van der Waals surface area contributed by atoms with Crippen molar-refractivity contribution in [2.75, 3.05) is 18.4 Å². The molecule has 6 heteroatoms. The number of piperidine rings is 1. The van der Waals surface area contributed by atoms with Gasteiger partial charge >= 0.3 is 6.03 Å². The highest BCUT2D eigenvalue weighted by Crippen LogP contribution is 2.22. The third-order valence-electron chi connectivity index (χ3n) is 3.70. The topological polar surface area (TPSA) is 65.5 Å². The molecule has 0 spiro atoms. The Morgan fingerprint density at radius 1 is 1.70 bits per heavy atom. The van der Waals surface area contributed by atoms with Gasteiger partial charge in [-0.2, -0.15) is 0 Å². The van der Waals surface area contributed by atoms with Crippen molar-refractivity contribution in [3.05, 3.63) is 11.1 Å². The third kappa shape index (κ3) is 3.93.